The van der Waals surface area contributed by atoms with Crippen LogP contribution in [0.5, 0.6) is 11.5 Å². The molecule has 3 aromatic rings. The van der Waals surface area contributed by atoms with Crippen molar-refractivity contribution in [3.8, 4) is 11.5 Å². The first-order valence-electron chi connectivity index (χ1n) is 9.41. The van der Waals surface area contributed by atoms with Crippen LogP contribution in [0.2, 0.25) is 0 Å². The summed E-state index contributed by atoms with van der Waals surface area (Å²) in [6, 6.07) is 10.5. The van der Waals surface area contributed by atoms with Crippen molar-refractivity contribution in [2.24, 2.45) is 0 Å². The van der Waals surface area contributed by atoms with E-state index in [-0.39, 0.29) is 24.0 Å². The molecule has 2 aromatic carbocycles. The quantitative estimate of drug-likeness (QED) is 0.530. The van der Waals surface area contributed by atoms with E-state index < -0.39 is 5.91 Å². The van der Waals surface area contributed by atoms with Crippen molar-refractivity contribution >= 4 is 29.0 Å². The molecule has 0 saturated heterocycles. The minimum Gasteiger partial charge on any atom is -0.497 e. The Morgan fingerprint density at radius 1 is 1.03 bits per heavy atom. The lowest BCUT2D eigenvalue weighted by Crippen LogP contribution is -2.21. The molecule has 0 spiro atoms. The Hall–Kier alpha value is -4.08. The molecule has 0 unspecified atom stereocenters. The molecule has 10 heteroatoms. The second-order valence-corrected chi connectivity index (χ2v) is 6.85. The van der Waals surface area contributed by atoms with Crippen molar-refractivity contribution in [1.29, 1.82) is 0 Å². The average molecular weight is 424 g/mol. The number of anilines is 3. The average Bonchev–Trinajstić information content (AvgIpc) is 3.11. The number of nitrogens with zero attached hydrogens (tertiary/aromatic N) is 3. The summed E-state index contributed by atoms with van der Waals surface area (Å²) in [6.07, 6.45) is 0. The summed E-state index contributed by atoms with van der Waals surface area (Å²) in [5.41, 5.74) is 9.17. The van der Waals surface area contributed by atoms with Gasteiger partial charge in [0.05, 0.1) is 19.9 Å². The van der Waals surface area contributed by atoms with Crippen molar-refractivity contribution in [3.05, 3.63) is 53.2 Å². The third kappa shape index (κ3) is 4.92. The van der Waals surface area contributed by atoms with Gasteiger partial charge in [-0.3, -0.25) is 9.59 Å². The molecule has 0 atom stereocenters. The molecule has 0 aliphatic rings. The lowest BCUT2D eigenvalue weighted by atomic mass is 10.1. The van der Waals surface area contributed by atoms with Crippen LogP contribution in [0.4, 0.5) is 17.2 Å². The molecule has 10 nitrogen and oxygen atoms in total. The van der Waals surface area contributed by atoms with E-state index in [1.165, 1.54) is 14.2 Å². The molecular formula is C21H24N6O4. The molecule has 3 rings (SSSR count). The van der Waals surface area contributed by atoms with Gasteiger partial charge in [-0.15, -0.1) is 5.10 Å². The lowest BCUT2D eigenvalue weighted by Gasteiger charge is -2.11. The summed E-state index contributed by atoms with van der Waals surface area (Å²) in [5.74, 6) is 0.0344. The monoisotopic (exact) mass is 424 g/mol. The van der Waals surface area contributed by atoms with Gasteiger partial charge in [0.25, 0.3) is 5.91 Å². The van der Waals surface area contributed by atoms with Crippen LogP contribution in [0.15, 0.2) is 36.4 Å². The van der Waals surface area contributed by atoms with Crippen molar-refractivity contribution < 1.29 is 19.1 Å². The Kier molecular flexibility index (Phi) is 6.39. The SMILES string of the molecule is COc1ccc(NC(=O)c2nnn(CC(=O)Nc3ccc(C)c(C)c3)c2N)c(OC)c1. The summed E-state index contributed by atoms with van der Waals surface area (Å²) in [5, 5.41) is 13.1. The standard InChI is InChI=1S/C21H24N6O4/c1-12-5-6-14(9-13(12)2)23-18(28)11-27-20(22)19(25-26-27)21(29)24-16-8-7-15(30-3)10-17(16)31-4/h5-10H,11,22H2,1-4H3,(H,23,28)(H,24,29). The number of hydrogen-bond donors (Lipinski definition) is 3. The summed E-state index contributed by atoms with van der Waals surface area (Å²) < 4.78 is 11.6. The van der Waals surface area contributed by atoms with Crippen LogP contribution < -0.4 is 25.8 Å². The maximum Gasteiger partial charge on any atom is 0.280 e. The highest BCUT2D eigenvalue weighted by Crippen LogP contribution is 2.29. The Labute approximate surface area is 179 Å². The second-order valence-electron chi connectivity index (χ2n) is 6.85. The number of hydrogen-bond acceptors (Lipinski definition) is 7. The molecule has 0 fully saturated rings. The first-order chi connectivity index (χ1) is 14.8. The molecule has 0 aliphatic heterocycles. The van der Waals surface area contributed by atoms with Gasteiger partial charge in [0.2, 0.25) is 5.91 Å². The van der Waals surface area contributed by atoms with Crippen LogP contribution in [0.25, 0.3) is 0 Å². The third-order valence-electron chi connectivity index (χ3n) is 4.73. The molecule has 4 N–H and O–H groups in total. The predicted molar refractivity (Wildman–Crippen MR) is 116 cm³/mol. The molecule has 162 valence electrons. The van der Waals surface area contributed by atoms with Gasteiger partial charge in [0.1, 0.15) is 18.0 Å². The molecule has 0 radical (unpaired) electrons. The Morgan fingerprint density at radius 3 is 2.48 bits per heavy atom. The molecule has 1 aromatic heterocycles. The topological polar surface area (TPSA) is 133 Å². The van der Waals surface area contributed by atoms with Crippen LogP contribution in [0.3, 0.4) is 0 Å². The number of ether oxygens (including phenoxy) is 2. The number of carbonyl (C=O) groups is 2. The van der Waals surface area contributed by atoms with E-state index in [1.54, 1.807) is 18.2 Å². The molecule has 31 heavy (non-hydrogen) atoms. The Bertz CT molecular complexity index is 1130. The number of methoxy groups -OCH3 is 2. The van der Waals surface area contributed by atoms with Crippen molar-refractivity contribution in [3.63, 3.8) is 0 Å². The molecule has 0 aliphatic carbocycles. The van der Waals surface area contributed by atoms with Gasteiger partial charge in [0.15, 0.2) is 11.5 Å². The fraction of sp³-hybridized carbons (Fsp3) is 0.238. The van der Waals surface area contributed by atoms with Gasteiger partial charge in [0, 0.05) is 11.8 Å². The Balaban J connectivity index is 1.70. The van der Waals surface area contributed by atoms with Gasteiger partial charge in [-0.1, -0.05) is 11.3 Å². The van der Waals surface area contributed by atoms with Crippen LogP contribution >= 0.6 is 0 Å². The molecule has 1 heterocycles. The van der Waals surface area contributed by atoms with E-state index in [0.29, 0.717) is 22.9 Å². The van der Waals surface area contributed by atoms with Crippen LogP contribution in [-0.4, -0.2) is 41.0 Å². The smallest absolute Gasteiger partial charge is 0.280 e. The number of nitrogen functional groups attached to an aromatic ring is 1. The fourth-order valence-corrected chi connectivity index (χ4v) is 2.84. The Morgan fingerprint density at radius 2 is 1.81 bits per heavy atom. The number of carbonyl (C=O) groups excluding carboxylic acids is 2. The summed E-state index contributed by atoms with van der Waals surface area (Å²) in [4.78, 5) is 25.0. The minimum atomic E-state index is -0.582. The maximum absolute atomic E-state index is 12.6. The fourth-order valence-electron chi connectivity index (χ4n) is 2.84. The highest BCUT2D eigenvalue weighted by molar-refractivity contribution is 6.06. The van der Waals surface area contributed by atoms with E-state index in [0.717, 1.165) is 15.8 Å². The predicted octanol–water partition coefficient (Wildman–Crippen LogP) is 2.39. The van der Waals surface area contributed by atoms with E-state index >= 15 is 0 Å². The second kappa shape index (κ2) is 9.16. The number of amides is 2. The largest absolute Gasteiger partial charge is 0.497 e. The van der Waals surface area contributed by atoms with Gasteiger partial charge in [-0.2, -0.15) is 0 Å². The number of aryl methyl sites for hydroxylation is 2. The lowest BCUT2D eigenvalue weighted by molar-refractivity contribution is -0.116. The van der Waals surface area contributed by atoms with Gasteiger partial charge in [-0.05, 0) is 49.2 Å². The number of aromatic nitrogens is 3. The zero-order chi connectivity index (χ0) is 22.5. The number of benzene rings is 2. The normalized spacial score (nSPS) is 10.5. The highest BCUT2D eigenvalue weighted by Gasteiger charge is 2.20. The first-order valence-corrected chi connectivity index (χ1v) is 9.41. The van der Waals surface area contributed by atoms with Gasteiger partial charge in [-0.25, -0.2) is 4.68 Å². The third-order valence-corrected chi connectivity index (χ3v) is 4.73. The molecule has 2 amide bonds. The van der Waals surface area contributed by atoms with Crippen LogP contribution in [-0.2, 0) is 11.3 Å². The molecule has 0 bridgehead atoms. The van der Waals surface area contributed by atoms with Crippen molar-refractivity contribution in [1.82, 2.24) is 15.0 Å². The molecule has 0 saturated carbocycles. The van der Waals surface area contributed by atoms with E-state index in [9.17, 15) is 9.59 Å². The number of nitrogens with two attached hydrogens (primary N) is 1. The maximum atomic E-state index is 12.6. The zero-order valence-corrected chi connectivity index (χ0v) is 17.7. The number of rotatable bonds is 7. The van der Waals surface area contributed by atoms with E-state index in [1.807, 2.05) is 32.0 Å². The first kappa shape index (κ1) is 21.6. The van der Waals surface area contributed by atoms with E-state index in [2.05, 4.69) is 20.9 Å². The molecular weight excluding hydrogens is 400 g/mol. The van der Waals surface area contributed by atoms with Crippen LogP contribution in [0, 0.1) is 13.8 Å². The van der Waals surface area contributed by atoms with Crippen molar-refractivity contribution in [2.45, 2.75) is 20.4 Å². The van der Waals surface area contributed by atoms with Crippen molar-refractivity contribution in [2.75, 3.05) is 30.6 Å². The zero-order valence-electron chi connectivity index (χ0n) is 17.7. The minimum absolute atomic E-state index is 0.0276. The van der Waals surface area contributed by atoms with E-state index in [4.69, 9.17) is 15.2 Å². The van der Waals surface area contributed by atoms with Gasteiger partial charge < -0.3 is 25.8 Å². The number of nitrogens with one attached hydrogen (secondary N) is 2. The van der Waals surface area contributed by atoms with Crippen LogP contribution in [0.1, 0.15) is 21.6 Å². The van der Waals surface area contributed by atoms with Gasteiger partial charge >= 0.3 is 0 Å². The summed E-state index contributed by atoms with van der Waals surface area (Å²) in [6.45, 7) is 3.76. The summed E-state index contributed by atoms with van der Waals surface area (Å²) in [7, 11) is 3.01. The summed E-state index contributed by atoms with van der Waals surface area (Å²) >= 11 is 0. The highest BCUT2D eigenvalue weighted by atomic mass is 16.5.